The minimum atomic E-state index is -0.285. The third-order valence-corrected chi connectivity index (χ3v) is 2.59. The summed E-state index contributed by atoms with van der Waals surface area (Å²) < 4.78 is 1.14. The van der Waals surface area contributed by atoms with Crippen molar-refractivity contribution in [3.8, 4) is 0 Å². The summed E-state index contributed by atoms with van der Waals surface area (Å²) in [4.78, 5) is 24.9. The molecular weight excluding hydrogens is 230 g/mol. The first-order chi connectivity index (χ1) is 8.68. The summed E-state index contributed by atoms with van der Waals surface area (Å²) in [6.07, 6.45) is 1.48. The molecule has 1 aromatic heterocycles. The Kier molecular flexibility index (Phi) is 3.52. The van der Waals surface area contributed by atoms with Gasteiger partial charge < -0.3 is 4.90 Å². The molecule has 0 aliphatic heterocycles. The van der Waals surface area contributed by atoms with E-state index in [9.17, 15) is 9.59 Å². The van der Waals surface area contributed by atoms with Crippen molar-refractivity contribution in [1.29, 1.82) is 0 Å². The molecule has 5 heteroatoms. The predicted molar refractivity (Wildman–Crippen MR) is 68.3 cm³/mol. The number of likely N-dealkylation sites (N-methyl/N-ethyl adjacent to an activating group) is 1. The lowest BCUT2D eigenvalue weighted by molar-refractivity contribution is -0.119. The zero-order valence-corrected chi connectivity index (χ0v) is 9.98. The maximum atomic E-state index is 12.0. The molecule has 1 amide bonds. The highest BCUT2D eigenvalue weighted by Gasteiger charge is 2.12. The molecule has 2 aromatic rings. The molecule has 0 saturated heterocycles. The Morgan fingerprint density at radius 1 is 1.22 bits per heavy atom. The van der Waals surface area contributed by atoms with Crippen molar-refractivity contribution in [2.75, 3.05) is 11.9 Å². The van der Waals surface area contributed by atoms with E-state index >= 15 is 0 Å². The van der Waals surface area contributed by atoms with Crippen LogP contribution in [-0.4, -0.2) is 22.7 Å². The van der Waals surface area contributed by atoms with Crippen molar-refractivity contribution in [3.63, 3.8) is 0 Å². The van der Waals surface area contributed by atoms with E-state index in [1.807, 2.05) is 30.3 Å². The molecule has 1 aromatic carbocycles. The Balaban J connectivity index is 2.14. The van der Waals surface area contributed by atoms with E-state index in [0.29, 0.717) is 0 Å². The number of benzene rings is 1. The second-order valence-electron chi connectivity index (χ2n) is 3.81. The van der Waals surface area contributed by atoms with Crippen LogP contribution < -0.4 is 10.5 Å². The second kappa shape index (κ2) is 5.27. The molecule has 1 heterocycles. The number of para-hydroxylation sites is 1. The van der Waals surface area contributed by atoms with Crippen LogP contribution in [0.2, 0.25) is 0 Å². The number of rotatable bonds is 3. The van der Waals surface area contributed by atoms with Crippen molar-refractivity contribution in [2.24, 2.45) is 0 Å². The number of hydrogen-bond donors (Lipinski definition) is 0. The van der Waals surface area contributed by atoms with Crippen molar-refractivity contribution in [3.05, 3.63) is 59.0 Å². The van der Waals surface area contributed by atoms with Gasteiger partial charge >= 0.3 is 0 Å². The monoisotopic (exact) mass is 243 g/mol. The van der Waals surface area contributed by atoms with Crippen LogP contribution in [0.1, 0.15) is 0 Å². The zero-order chi connectivity index (χ0) is 13.0. The molecule has 0 N–H and O–H groups in total. The van der Waals surface area contributed by atoms with Gasteiger partial charge in [0.25, 0.3) is 5.56 Å². The summed E-state index contributed by atoms with van der Waals surface area (Å²) >= 11 is 0. The molecule has 0 spiro atoms. The summed E-state index contributed by atoms with van der Waals surface area (Å²) in [7, 11) is 1.67. The van der Waals surface area contributed by atoms with Gasteiger partial charge in [-0.1, -0.05) is 18.2 Å². The highest BCUT2D eigenvalue weighted by Crippen LogP contribution is 2.11. The molecule has 0 fully saturated rings. The van der Waals surface area contributed by atoms with Crippen LogP contribution in [0.3, 0.4) is 0 Å². The zero-order valence-electron chi connectivity index (χ0n) is 9.98. The van der Waals surface area contributed by atoms with Crippen LogP contribution >= 0.6 is 0 Å². The fourth-order valence-corrected chi connectivity index (χ4v) is 1.54. The lowest BCUT2D eigenvalue weighted by atomic mass is 10.3. The van der Waals surface area contributed by atoms with Gasteiger partial charge in [0.1, 0.15) is 6.54 Å². The molecule has 0 bridgehead atoms. The Morgan fingerprint density at radius 3 is 2.61 bits per heavy atom. The number of aromatic nitrogens is 2. The molecule has 0 unspecified atom stereocenters. The standard InChI is InChI=1S/C13H13N3O2/c1-15(11-6-3-2-4-7-11)13(18)10-16-12(17)8-5-9-14-16/h2-9H,10H2,1H3. The van der Waals surface area contributed by atoms with E-state index in [2.05, 4.69) is 5.10 Å². The molecule has 92 valence electrons. The normalized spacial score (nSPS) is 10.1. The minimum Gasteiger partial charge on any atom is -0.314 e. The smallest absolute Gasteiger partial charge is 0.267 e. The molecule has 0 saturated carbocycles. The lowest BCUT2D eigenvalue weighted by Crippen LogP contribution is -2.34. The van der Waals surface area contributed by atoms with E-state index in [1.165, 1.54) is 17.2 Å². The fourth-order valence-electron chi connectivity index (χ4n) is 1.54. The first-order valence-corrected chi connectivity index (χ1v) is 5.52. The molecule has 0 atom stereocenters. The van der Waals surface area contributed by atoms with Gasteiger partial charge in [0.05, 0.1) is 0 Å². The van der Waals surface area contributed by atoms with Gasteiger partial charge in [0, 0.05) is 25.0 Å². The van der Waals surface area contributed by atoms with Gasteiger partial charge in [-0.05, 0) is 18.2 Å². The Bertz CT molecular complexity index is 592. The van der Waals surface area contributed by atoms with E-state index in [4.69, 9.17) is 0 Å². The van der Waals surface area contributed by atoms with Crippen LogP contribution in [0.5, 0.6) is 0 Å². The Hall–Kier alpha value is -2.43. The average Bonchev–Trinajstić information content (AvgIpc) is 2.41. The molecule has 18 heavy (non-hydrogen) atoms. The highest BCUT2D eigenvalue weighted by atomic mass is 16.2. The first kappa shape index (κ1) is 12.0. The lowest BCUT2D eigenvalue weighted by Gasteiger charge is -2.17. The van der Waals surface area contributed by atoms with Gasteiger partial charge in [-0.3, -0.25) is 9.59 Å². The van der Waals surface area contributed by atoms with Crippen LogP contribution in [0.4, 0.5) is 5.69 Å². The summed E-state index contributed by atoms with van der Waals surface area (Å²) in [6, 6.07) is 12.2. The maximum absolute atomic E-state index is 12.0. The third-order valence-electron chi connectivity index (χ3n) is 2.59. The first-order valence-electron chi connectivity index (χ1n) is 5.52. The summed E-state index contributed by atoms with van der Waals surface area (Å²) in [5, 5.41) is 3.85. The van der Waals surface area contributed by atoms with Gasteiger partial charge in [0.2, 0.25) is 5.91 Å². The number of nitrogens with zero attached hydrogens (tertiary/aromatic N) is 3. The summed E-state index contributed by atoms with van der Waals surface area (Å²) in [6.45, 7) is -0.0644. The van der Waals surface area contributed by atoms with Crippen LogP contribution in [0.25, 0.3) is 0 Å². The van der Waals surface area contributed by atoms with Crippen molar-refractivity contribution in [2.45, 2.75) is 6.54 Å². The van der Waals surface area contributed by atoms with Crippen LogP contribution in [-0.2, 0) is 11.3 Å². The topological polar surface area (TPSA) is 55.2 Å². The largest absolute Gasteiger partial charge is 0.314 e. The van der Waals surface area contributed by atoms with Crippen molar-refractivity contribution >= 4 is 11.6 Å². The molecule has 0 radical (unpaired) electrons. The van der Waals surface area contributed by atoms with E-state index in [-0.39, 0.29) is 18.0 Å². The van der Waals surface area contributed by atoms with E-state index < -0.39 is 0 Å². The summed E-state index contributed by atoms with van der Waals surface area (Å²) in [5.41, 5.74) is 0.499. The Morgan fingerprint density at radius 2 is 1.94 bits per heavy atom. The van der Waals surface area contributed by atoms with Gasteiger partial charge in [-0.2, -0.15) is 5.10 Å². The maximum Gasteiger partial charge on any atom is 0.267 e. The number of amides is 1. The quantitative estimate of drug-likeness (QED) is 0.805. The SMILES string of the molecule is CN(C(=O)Cn1ncccc1=O)c1ccccc1. The number of carbonyl (C=O) groups is 1. The second-order valence-corrected chi connectivity index (χ2v) is 3.81. The Labute approximate surface area is 104 Å². The number of anilines is 1. The molecule has 0 aliphatic rings. The van der Waals surface area contributed by atoms with E-state index in [1.54, 1.807) is 13.1 Å². The molecule has 2 rings (SSSR count). The van der Waals surface area contributed by atoms with Gasteiger partial charge in [-0.25, -0.2) is 4.68 Å². The third kappa shape index (κ3) is 2.63. The number of carbonyl (C=O) groups excluding carboxylic acids is 1. The minimum absolute atomic E-state index is 0.0644. The van der Waals surface area contributed by atoms with Crippen molar-refractivity contribution < 1.29 is 4.79 Å². The van der Waals surface area contributed by atoms with Crippen LogP contribution in [0.15, 0.2) is 53.5 Å². The fraction of sp³-hybridized carbons (Fsp3) is 0.154. The van der Waals surface area contributed by atoms with Crippen molar-refractivity contribution in [1.82, 2.24) is 9.78 Å². The highest BCUT2D eigenvalue weighted by molar-refractivity contribution is 5.92. The molecular formula is C13H13N3O2. The molecule has 5 nitrogen and oxygen atoms in total. The number of hydrogen-bond acceptors (Lipinski definition) is 3. The average molecular weight is 243 g/mol. The van der Waals surface area contributed by atoms with Gasteiger partial charge in [0.15, 0.2) is 0 Å². The van der Waals surface area contributed by atoms with Gasteiger partial charge in [-0.15, -0.1) is 0 Å². The van der Waals surface area contributed by atoms with E-state index in [0.717, 1.165) is 10.4 Å². The summed E-state index contributed by atoms with van der Waals surface area (Å²) in [5.74, 6) is -0.193. The molecule has 0 aliphatic carbocycles. The predicted octanol–water partition coefficient (Wildman–Crippen LogP) is 0.906. The van der Waals surface area contributed by atoms with Crippen LogP contribution in [0, 0.1) is 0 Å².